The van der Waals surface area contributed by atoms with E-state index in [1.807, 2.05) is 0 Å². The van der Waals surface area contributed by atoms with Crippen molar-refractivity contribution in [2.45, 2.75) is 24.3 Å². The summed E-state index contributed by atoms with van der Waals surface area (Å²) in [6, 6.07) is 2.69. The van der Waals surface area contributed by atoms with Gasteiger partial charge in [-0.15, -0.1) is 0 Å². The summed E-state index contributed by atoms with van der Waals surface area (Å²) in [6.07, 6.45) is 1.35. The molecular formula is C11H12ClN3O4S. The number of nitrogens with zero attached hydrogens (tertiary/aromatic N) is 2. The molecule has 1 aliphatic rings. The summed E-state index contributed by atoms with van der Waals surface area (Å²) in [7, 11) is -4.11. The van der Waals surface area contributed by atoms with Crippen LogP contribution in [0, 0.1) is 0 Å². The van der Waals surface area contributed by atoms with Gasteiger partial charge in [-0.3, -0.25) is 14.9 Å². The van der Waals surface area contributed by atoms with Gasteiger partial charge in [0.2, 0.25) is 21.8 Å². The minimum Gasteiger partial charge on any atom is -0.294 e. The van der Waals surface area contributed by atoms with Crippen molar-refractivity contribution in [1.29, 1.82) is 0 Å². The minimum absolute atomic E-state index is 0.207. The van der Waals surface area contributed by atoms with Crippen molar-refractivity contribution in [3.05, 3.63) is 23.5 Å². The maximum Gasteiger partial charge on any atom is 0.247 e. The average molecular weight is 318 g/mol. The third kappa shape index (κ3) is 2.30. The highest BCUT2D eigenvalue weighted by molar-refractivity contribution is 7.89. The van der Waals surface area contributed by atoms with Gasteiger partial charge in [0.25, 0.3) is 0 Å². The van der Waals surface area contributed by atoms with Gasteiger partial charge in [-0.05, 0) is 26.0 Å². The summed E-state index contributed by atoms with van der Waals surface area (Å²) < 4.78 is 26.0. The lowest BCUT2D eigenvalue weighted by atomic mass is 10.0. The Kier molecular flexibility index (Phi) is 3.57. The Morgan fingerprint density at radius 3 is 2.65 bits per heavy atom. The molecule has 0 spiro atoms. The number of sulfonamides is 1. The molecule has 0 aliphatic carbocycles. The number of pyridine rings is 1. The van der Waals surface area contributed by atoms with Crippen molar-refractivity contribution in [2.75, 3.05) is 6.54 Å². The molecule has 2 amide bonds. The van der Waals surface area contributed by atoms with E-state index in [2.05, 4.69) is 10.3 Å². The largest absolute Gasteiger partial charge is 0.294 e. The van der Waals surface area contributed by atoms with E-state index >= 15 is 0 Å². The Labute approximate surface area is 121 Å². The van der Waals surface area contributed by atoms with Gasteiger partial charge >= 0.3 is 0 Å². The lowest BCUT2D eigenvalue weighted by Crippen LogP contribution is -2.65. The van der Waals surface area contributed by atoms with Gasteiger partial charge in [0, 0.05) is 6.20 Å². The van der Waals surface area contributed by atoms with Gasteiger partial charge in [-0.1, -0.05) is 11.6 Å². The lowest BCUT2D eigenvalue weighted by molar-refractivity contribution is -0.141. The van der Waals surface area contributed by atoms with Crippen LogP contribution < -0.4 is 5.32 Å². The summed E-state index contributed by atoms with van der Waals surface area (Å²) >= 11 is 5.79. The van der Waals surface area contributed by atoms with Crippen LogP contribution in [0.5, 0.6) is 0 Å². The molecular weight excluding hydrogens is 306 g/mol. The standard InChI is InChI=1S/C11H12ClN3O4S/c1-11(2)10(17)14-8(16)6-15(11)20(18,19)7-4-3-5-13-9(7)12/h3-5H,6H2,1-2H3,(H,14,16,17). The van der Waals surface area contributed by atoms with Crippen LogP contribution in [0.15, 0.2) is 23.2 Å². The molecule has 1 aromatic rings. The van der Waals surface area contributed by atoms with Crippen LogP contribution in [0.2, 0.25) is 5.15 Å². The molecule has 1 fully saturated rings. The smallest absolute Gasteiger partial charge is 0.247 e. The molecule has 2 heterocycles. The predicted octanol–water partition coefficient (Wildman–Crippen LogP) is 0.161. The van der Waals surface area contributed by atoms with Crippen molar-refractivity contribution in [2.24, 2.45) is 0 Å². The molecule has 0 radical (unpaired) electrons. The quantitative estimate of drug-likeness (QED) is 0.619. The van der Waals surface area contributed by atoms with Crippen molar-refractivity contribution in [3.8, 4) is 0 Å². The number of piperazine rings is 1. The third-order valence-electron chi connectivity index (χ3n) is 3.01. The number of hydrogen-bond donors (Lipinski definition) is 1. The fourth-order valence-electron chi connectivity index (χ4n) is 1.83. The Morgan fingerprint density at radius 2 is 2.05 bits per heavy atom. The van der Waals surface area contributed by atoms with E-state index in [0.717, 1.165) is 4.31 Å². The molecule has 2 rings (SSSR count). The van der Waals surface area contributed by atoms with Crippen molar-refractivity contribution in [1.82, 2.24) is 14.6 Å². The number of nitrogens with one attached hydrogen (secondary N) is 1. The van der Waals surface area contributed by atoms with E-state index in [9.17, 15) is 18.0 Å². The van der Waals surface area contributed by atoms with E-state index in [-0.39, 0.29) is 10.0 Å². The molecule has 0 aromatic carbocycles. The second-order valence-corrected chi connectivity index (χ2v) is 6.93. The molecule has 20 heavy (non-hydrogen) atoms. The van der Waals surface area contributed by atoms with Crippen LogP contribution in [0.1, 0.15) is 13.8 Å². The fraction of sp³-hybridized carbons (Fsp3) is 0.364. The van der Waals surface area contributed by atoms with E-state index in [4.69, 9.17) is 11.6 Å². The van der Waals surface area contributed by atoms with Crippen LogP contribution >= 0.6 is 11.6 Å². The van der Waals surface area contributed by atoms with Crippen LogP contribution in [-0.4, -0.2) is 41.6 Å². The number of hydrogen-bond acceptors (Lipinski definition) is 5. The second-order valence-electron chi connectivity index (χ2n) is 4.74. The first kappa shape index (κ1) is 14.9. The summed E-state index contributed by atoms with van der Waals surface area (Å²) in [5.41, 5.74) is -1.40. The van der Waals surface area contributed by atoms with E-state index in [0.29, 0.717) is 0 Å². The first-order valence-corrected chi connectivity index (χ1v) is 7.47. The second kappa shape index (κ2) is 4.80. The molecule has 0 saturated carbocycles. The molecule has 0 bridgehead atoms. The zero-order chi connectivity index (χ0) is 15.1. The Hall–Kier alpha value is -1.51. The van der Waals surface area contributed by atoms with E-state index in [1.54, 1.807) is 0 Å². The zero-order valence-corrected chi connectivity index (χ0v) is 12.3. The summed E-state index contributed by atoms with van der Waals surface area (Å²) in [5.74, 6) is -1.37. The molecule has 0 unspecified atom stereocenters. The number of halogens is 1. The first-order chi connectivity index (χ1) is 9.17. The Bertz CT molecular complexity index is 687. The fourth-order valence-corrected chi connectivity index (χ4v) is 3.96. The lowest BCUT2D eigenvalue weighted by Gasteiger charge is -2.38. The normalized spacial score (nSPS) is 19.8. The van der Waals surface area contributed by atoms with Crippen LogP contribution in [0.3, 0.4) is 0 Å². The number of carbonyl (C=O) groups is 2. The maximum atomic E-state index is 12.6. The Morgan fingerprint density at radius 1 is 1.40 bits per heavy atom. The van der Waals surface area contributed by atoms with Gasteiger partial charge in [0.05, 0.1) is 6.54 Å². The molecule has 1 aliphatic heterocycles. The number of amides is 2. The molecule has 7 nitrogen and oxygen atoms in total. The number of rotatable bonds is 2. The zero-order valence-electron chi connectivity index (χ0n) is 10.8. The SMILES string of the molecule is CC1(C)C(=O)NC(=O)CN1S(=O)(=O)c1cccnc1Cl. The minimum atomic E-state index is -4.11. The number of aromatic nitrogens is 1. The van der Waals surface area contributed by atoms with Crippen molar-refractivity contribution < 1.29 is 18.0 Å². The van der Waals surface area contributed by atoms with Crippen LogP contribution in [-0.2, 0) is 19.6 Å². The summed E-state index contributed by atoms with van der Waals surface area (Å²) in [6.45, 7) is 2.37. The molecule has 9 heteroatoms. The van der Waals surface area contributed by atoms with Crippen LogP contribution in [0.4, 0.5) is 0 Å². The molecule has 1 saturated heterocycles. The maximum absolute atomic E-state index is 12.6. The highest BCUT2D eigenvalue weighted by atomic mass is 35.5. The Balaban J connectivity index is 2.56. The van der Waals surface area contributed by atoms with Gasteiger partial charge in [-0.25, -0.2) is 13.4 Å². The predicted molar refractivity (Wildman–Crippen MR) is 70.4 cm³/mol. The van der Waals surface area contributed by atoms with Gasteiger partial charge in [0.15, 0.2) is 0 Å². The third-order valence-corrected chi connectivity index (χ3v) is 5.48. The number of carbonyl (C=O) groups excluding carboxylic acids is 2. The van der Waals surface area contributed by atoms with Crippen LogP contribution in [0.25, 0.3) is 0 Å². The van der Waals surface area contributed by atoms with Crippen molar-refractivity contribution in [3.63, 3.8) is 0 Å². The molecule has 1 aromatic heterocycles. The summed E-state index contributed by atoms with van der Waals surface area (Å²) in [4.78, 5) is 26.7. The highest BCUT2D eigenvalue weighted by Gasteiger charge is 2.48. The molecule has 1 N–H and O–H groups in total. The first-order valence-electron chi connectivity index (χ1n) is 5.65. The molecule has 0 atom stereocenters. The highest BCUT2D eigenvalue weighted by Crippen LogP contribution is 2.29. The topological polar surface area (TPSA) is 96.4 Å². The van der Waals surface area contributed by atoms with Gasteiger partial charge < -0.3 is 0 Å². The van der Waals surface area contributed by atoms with Gasteiger partial charge in [-0.2, -0.15) is 4.31 Å². The summed E-state index contributed by atoms with van der Waals surface area (Å²) in [5, 5.41) is 1.90. The molecule has 108 valence electrons. The number of imide groups is 1. The van der Waals surface area contributed by atoms with Crippen molar-refractivity contribution >= 4 is 33.4 Å². The van der Waals surface area contributed by atoms with Gasteiger partial charge in [0.1, 0.15) is 15.6 Å². The van der Waals surface area contributed by atoms with E-state index < -0.39 is 33.9 Å². The van der Waals surface area contributed by atoms with E-state index in [1.165, 1.54) is 32.2 Å². The monoisotopic (exact) mass is 317 g/mol. The average Bonchev–Trinajstić information content (AvgIpc) is 2.34.